The number of esters is 1. The lowest BCUT2D eigenvalue weighted by Gasteiger charge is -2.11. The van der Waals surface area contributed by atoms with E-state index in [4.69, 9.17) is 4.74 Å². The van der Waals surface area contributed by atoms with Crippen LogP contribution in [-0.4, -0.2) is 23.6 Å². The molecule has 116 valence electrons. The van der Waals surface area contributed by atoms with Crippen LogP contribution in [0.15, 0.2) is 36.4 Å². The van der Waals surface area contributed by atoms with Crippen LogP contribution in [0.1, 0.15) is 28.2 Å². The molecule has 5 heteroatoms. The zero-order valence-corrected chi connectivity index (χ0v) is 13.1. The fourth-order valence-electron chi connectivity index (χ4n) is 2.36. The van der Waals surface area contributed by atoms with Gasteiger partial charge in [-0.05, 0) is 38.1 Å². The number of rotatable bonds is 5. The third kappa shape index (κ3) is 3.55. The van der Waals surface area contributed by atoms with E-state index in [9.17, 15) is 9.59 Å². The lowest BCUT2D eigenvalue weighted by Crippen LogP contribution is -2.17. The summed E-state index contributed by atoms with van der Waals surface area (Å²) < 4.78 is 6.80. The highest BCUT2D eigenvalue weighted by atomic mass is 16.5. The van der Waals surface area contributed by atoms with Gasteiger partial charge in [-0.2, -0.15) is 0 Å². The molecule has 1 aromatic heterocycles. The summed E-state index contributed by atoms with van der Waals surface area (Å²) in [6.07, 6.45) is 0.339. The van der Waals surface area contributed by atoms with Gasteiger partial charge in [-0.25, -0.2) is 4.79 Å². The summed E-state index contributed by atoms with van der Waals surface area (Å²) in [4.78, 5) is 23.8. The molecule has 1 N–H and O–H groups in total. The first-order valence-corrected chi connectivity index (χ1v) is 7.13. The average molecular weight is 300 g/mol. The molecule has 0 aliphatic carbocycles. The minimum Gasteiger partial charge on any atom is -0.465 e. The van der Waals surface area contributed by atoms with Crippen LogP contribution in [0.3, 0.4) is 0 Å². The first-order chi connectivity index (χ1) is 10.5. The Kier molecular flexibility index (Phi) is 4.99. The lowest BCUT2D eigenvalue weighted by molar-refractivity contribution is -0.116. The largest absolute Gasteiger partial charge is 0.465 e. The number of amides is 1. The zero-order chi connectivity index (χ0) is 16.1. The molecule has 0 radical (unpaired) electrons. The van der Waals surface area contributed by atoms with Gasteiger partial charge in [0.15, 0.2) is 0 Å². The quantitative estimate of drug-likeness (QED) is 0.864. The number of nitrogens with one attached hydrogen (secondary N) is 1. The van der Waals surface area contributed by atoms with E-state index < -0.39 is 5.97 Å². The van der Waals surface area contributed by atoms with Gasteiger partial charge in [-0.3, -0.25) is 4.79 Å². The second-order valence-electron chi connectivity index (χ2n) is 5.10. The van der Waals surface area contributed by atoms with Crippen LogP contribution in [-0.2, 0) is 16.1 Å². The predicted octanol–water partition coefficient (Wildman–Crippen LogP) is 2.92. The standard InChI is InChI=1S/C17H20N2O3/c1-12-8-9-13(2)19(12)11-10-16(20)18-15-7-5-4-6-14(15)17(21)22-3/h4-9H,10-11H2,1-3H3,(H,18,20). The molecule has 1 amide bonds. The maximum Gasteiger partial charge on any atom is 0.339 e. The minimum absolute atomic E-state index is 0.135. The number of carbonyl (C=O) groups is 2. The zero-order valence-electron chi connectivity index (χ0n) is 13.1. The van der Waals surface area contributed by atoms with Crippen molar-refractivity contribution in [3.63, 3.8) is 0 Å². The van der Waals surface area contributed by atoms with Crippen molar-refractivity contribution in [2.24, 2.45) is 0 Å². The van der Waals surface area contributed by atoms with Crippen LogP contribution >= 0.6 is 0 Å². The lowest BCUT2D eigenvalue weighted by atomic mass is 10.1. The number of benzene rings is 1. The van der Waals surface area contributed by atoms with Gasteiger partial charge in [0.25, 0.3) is 0 Å². The molecule has 0 aliphatic heterocycles. The van der Waals surface area contributed by atoms with E-state index >= 15 is 0 Å². The number of carbonyl (C=O) groups excluding carboxylic acids is 2. The van der Waals surface area contributed by atoms with Crippen LogP contribution < -0.4 is 5.32 Å². The number of aryl methyl sites for hydroxylation is 2. The number of nitrogens with zero attached hydrogens (tertiary/aromatic N) is 1. The third-order valence-electron chi connectivity index (χ3n) is 3.59. The number of hydrogen-bond acceptors (Lipinski definition) is 3. The minimum atomic E-state index is -0.465. The maximum absolute atomic E-state index is 12.1. The summed E-state index contributed by atoms with van der Waals surface area (Å²) in [6.45, 7) is 4.63. The highest BCUT2D eigenvalue weighted by Crippen LogP contribution is 2.16. The molecule has 0 saturated heterocycles. The predicted molar refractivity (Wildman–Crippen MR) is 84.9 cm³/mol. The molecule has 1 aromatic carbocycles. The van der Waals surface area contributed by atoms with Gasteiger partial charge < -0.3 is 14.6 Å². The van der Waals surface area contributed by atoms with Crippen molar-refractivity contribution < 1.29 is 14.3 Å². The Morgan fingerprint density at radius 2 is 1.73 bits per heavy atom. The van der Waals surface area contributed by atoms with Crippen molar-refractivity contribution in [1.82, 2.24) is 4.57 Å². The molecule has 0 atom stereocenters. The van der Waals surface area contributed by atoms with Gasteiger partial charge in [-0.1, -0.05) is 12.1 Å². The molecule has 22 heavy (non-hydrogen) atoms. The normalized spacial score (nSPS) is 10.3. The van der Waals surface area contributed by atoms with Crippen LogP contribution in [0, 0.1) is 13.8 Å². The van der Waals surface area contributed by atoms with Crippen molar-refractivity contribution in [2.45, 2.75) is 26.8 Å². The molecule has 2 rings (SSSR count). The second kappa shape index (κ2) is 6.93. The Labute approximate surface area is 129 Å². The van der Waals surface area contributed by atoms with Gasteiger partial charge >= 0.3 is 5.97 Å². The van der Waals surface area contributed by atoms with Crippen molar-refractivity contribution in [3.8, 4) is 0 Å². The molecule has 0 spiro atoms. The summed E-state index contributed by atoms with van der Waals surface area (Å²) in [5.74, 6) is -0.600. The van der Waals surface area contributed by atoms with E-state index in [0.717, 1.165) is 11.4 Å². The van der Waals surface area contributed by atoms with Crippen molar-refractivity contribution in [2.75, 3.05) is 12.4 Å². The van der Waals surface area contributed by atoms with Crippen LogP contribution in [0.4, 0.5) is 5.69 Å². The highest BCUT2D eigenvalue weighted by molar-refractivity contribution is 6.01. The summed E-state index contributed by atoms with van der Waals surface area (Å²) >= 11 is 0. The Morgan fingerprint density at radius 1 is 1.09 bits per heavy atom. The Bertz CT molecular complexity index is 669. The molecule has 0 saturated carbocycles. The second-order valence-corrected chi connectivity index (χ2v) is 5.10. The Balaban J connectivity index is 2.02. The topological polar surface area (TPSA) is 60.3 Å². The first kappa shape index (κ1) is 15.8. The molecule has 0 fully saturated rings. The van der Waals surface area contributed by atoms with Crippen molar-refractivity contribution in [3.05, 3.63) is 53.3 Å². The number of para-hydroxylation sites is 1. The number of aromatic nitrogens is 1. The summed E-state index contributed by atoms with van der Waals surface area (Å²) in [5.41, 5.74) is 3.08. The molecule has 0 aliphatic rings. The number of hydrogen-bond donors (Lipinski definition) is 1. The van der Waals surface area contributed by atoms with Gasteiger partial charge in [0, 0.05) is 24.4 Å². The summed E-state index contributed by atoms with van der Waals surface area (Å²) in [6, 6.07) is 10.9. The third-order valence-corrected chi connectivity index (χ3v) is 3.59. The van der Waals surface area contributed by atoms with Gasteiger partial charge in [0.1, 0.15) is 0 Å². The highest BCUT2D eigenvalue weighted by Gasteiger charge is 2.13. The van der Waals surface area contributed by atoms with E-state index in [1.54, 1.807) is 24.3 Å². The average Bonchev–Trinajstić information content (AvgIpc) is 2.83. The Morgan fingerprint density at radius 3 is 2.36 bits per heavy atom. The molecule has 2 aromatic rings. The summed E-state index contributed by atoms with van der Waals surface area (Å²) in [7, 11) is 1.32. The van der Waals surface area contributed by atoms with Crippen LogP contribution in [0.2, 0.25) is 0 Å². The van der Waals surface area contributed by atoms with E-state index in [2.05, 4.69) is 9.88 Å². The van der Waals surface area contributed by atoms with Crippen molar-refractivity contribution >= 4 is 17.6 Å². The molecular formula is C17H20N2O3. The van der Waals surface area contributed by atoms with Gasteiger partial charge in [0.2, 0.25) is 5.91 Å². The molecule has 0 unspecified atom stereocenters. The number of anilines is 1. The van der Waals surface area contributed by atoms with E-state index in [1.165, 1.54) is 7.11 Å². The van der Waals surface area contributed by atoms with Gasteiger partial charge in [-0.15, -0.1) is 0 Å². The molecule has 5 nitrogen and oxygen atoms in total. The Hall–Kier alpha value is -2.56. The number of methoxy groups -OCH3 is 1. The SMILES string of the molecule is COC(=O)c1ccccc1NC(=O)CCn1c(C)ccc1C. The van der Waals surface area contributed by atoms with E-state index in [-0.39, 0.29) is 5.91 Å². The van der Waals surface area contributed by atoms with Gasteiger partial charge in [0.05, 0.1) is 18.4 Å². The van der Waals surface area contributed by atoms with E-state index in [0.29, 0.717) is 24.2 Å². The first-order valence-electron chi connectivity index (χ1n) is 7.13. The van der Waals surface area contributed by atoms with Crippen LogP contribution in [0.5, 0.6) is 0 Å². The van der Waals surface area contributed by atoms with Crippen molar-refractivity contribution in [1.29, 1.82) is 0 Å². The molecule has 1 heterocycles. The fraction of sp³-hybridized carbons (Fsp3) is 0.294. The molecular weight excluding hydrogens is 280 g/mol. The van der Waals surface area contributed by atoms with Crippen LogP contribution in [0.25, 0.3) is 0 Å². The monoisotopic (exact) mass is 300 g/mol. The maximum atomic E-state index is 12.1. The number of ether oxygens (including phenoxy) is 1. The molecule has 0 bridgehead atoms. The fourth-order valence-corrected chi connectivity index (χ4v) is 2.36. The summed E-state index contributed by atoms with van der Waals surface area (Å²) in [5, 5.41) is 2.77. The smallest absolute Gasteiger partial charge is 0.339 e. The van der Waals surface area contributed by atoms with E-state index in [1.807, 2.05) is 26.0 Å².